The molecule has 28 heavy (non-hydrogen) atoms. The van der Waals surface area contributed by atoms with Crippen LogP contribution in [0.4, 0.5) is 5.69 Å². The van der Waals surface area contributed by atoms with Crippen molar-refractivity contribution in [2.75, 3.05) is 11.9 Å². The summed E-state index contributed by atoms with van der Waals surface area (Å²) in [7, 11) is 0. The molecule has 0 aliphatic rings. The highest BCUT2D eigenvalue weighted by molar-refractivity contribution is 6.04. The second-order valence-corrected chi connectivity index (χ2v) is 6.79. The Morgan fingerprint density at radius 3 is 1.96 bits per heavy atom. The molecule has 7 heteroatoms. The Labute approximate surface area is 163 Å². The number of benzene rings is 2. The third-order valence-electron chi connectivity index (χ3n) is 3.82. The molecule has 0 fully saturated rings. The van der Waals surface area contributed by atoms with E-state index in [1.807, 2.05) is 0 Å². The van der Waals surface area contributed by atoms with E-state index < -0.39 is 17.9 Å². The molecule has 0 spiro atoms. The van der Waals surface area contributed by atoms with Crippen molar-refractivity contribution in [3.8, 4) is 5.75 Å². The number of carboxylic acids is 1. The Hall–Kier alpha value is -3.35. The van der Waals surface area contributed by atoms with Gasteiger partial charge in [-0.05, 0) is 61.4 Å². The van der Waals surface area contributed by atoms with E-state index in [1.54, 1.807) is 36.4 Å². The topological polar surface area (TPSA) is 105 Å². The van der Waals surface area contributed by atoms with Gasteiger partial charge < -0.3 is 20.5 Å². The van der Waals surface area contributed by atoms with Crippen molar-refractivity contribution in [3.05, 3.63) is 59.7 Å². The fourth-order valence-electron chi connectivity index (χ4n) is 2.22. The molecular weight excluding hydrogens is 360 g/mol. The molecule has 2 rings (SSSR count). The SMILES string of the molecule is CC(C)COc1ccc(C(=O)Nc2ccc(C(=O)NC(C)C(=O)O)cc2)cc1. The molecule has 0 aromatic heterocycles. The molecule has 2 aromatic rings. The molecule has 0 bridgehead atoms. The number of aliphatic carboxylic acids is 1. The van der Waals surface area contributed by atoms with Crippen LogP contribution in [0.25, 0.3) is 0 Å². The lowest BCUT2D eigenvalue weighted by Gasteiger charge is -2.11. The Balaban J connectivity index is 1.95. The van der Waals surface area contributed by atoms with Crippen molar-refractivity contribution >= 4 is 23.5 Å². The van der Waals surface area contributed by atoms with Crippen LogP contribution in [0.2, 0.25) is 0 Å². The standard InChI is InChI=1S/C21H24N2O5/c1-13(2)12-28-18-10-6-16(7-11-18)20(25)23-17-8-4-15(5-9-17)19(24)22-14(3)21(26)27/h4-11,13-14H,12H2,1-3H3,(H,22,24)(H,23,25)(H,26,27). The second kappa shape index (κ2) is 9.55. The van der Waals surface area contributed by atoms with Gasteiger partial charge in [0.1, 0.15) is 11.8 Å². The summed E-state index contributed by atoms with van der Waals surface area (Å²) in [4.78, 5) is 35.1. The van der Waals surface area contributed by atoms with Crippen LogP contribution in [0, 0.1) is 5.92 Å². The van der Waals surface area contributed by atoms with Crippen molar-refractivity contribution in [1.82, 2.24) is 5.32 Å². The average molecular weight is 384 g/mol. The summed E-state index contributed by atoms with van der Waals surface area (Å²) in [6.45, 7) is 6.11. The monoisotopic (exact) mass is 384 g/mol. The minimum Gasteiger partial charge on any atom is -0.493 e. The quantitative estimate of drug-likeness (QED) is 0.648. The van der Waals surface area contributed by atoms with Gasteiger partial charge in [0.15, 0.2) is 0 Å². The molecule has 2 aromatic carbocycles. The fraction of sp³-hybridized carbons (Fsp3) is 0.286. The molecule has 0 radical (unpaired) electrons. The van der Waals surface area contributed by atoms with Crippen molar-refractivity contribution < 1.29 is 24.2 Å². The van der Waals surface area contributed by atoms with Gasteiger partial charge in [-0.15, -0.1) is 0 Å². The normalized spacial score (nSPS) is 11.6. The number of carbonyl (C=O) groups excluding carboxylic acids is 2. The molecule has 0 saturated carbocycles. The number of hydrogen-bond donors (Lipinski definition) is 3. The van der Waals surface area contributed by atoms with Gasteiger partial charge >= 0.3 is 5.97 Å². The van der Waals surface area contributed by atoms with E-state index in [0.717, 1.165) is 0 Å². The van der Waals surface area contributed by atoms with Crippen LogP contribution in [0.5, 0.6) is 5.75 Å². The van der Waals surface area contributed by atoms with Crippen molar-refractivity contribution in [3.63, 3.8) is 0 Å². The highest BCUT2D eigenvalue weighted by Gasteiger charge is 2.15. The number of nitrogens with one attached hydrogen (secondary N) is 2. The average Bonchev–Trinajstić information content (AvgIpc) is 2.67. The Morgan fingerprint density at radius 2 is 1.43 bits per heavy atom. The lowest BCUT2D eigenvalue weighted by molar-refractivity contribution is -0.138. The van der Waals surface area contributed by atoms with Crippen LogP contribution in [0.1, 0.15) is 41.5 Å². The van der Waals surface area contributed by atoms with Gasteiger partial charge in [0.25, 0.3) is 11.8 Å². The van der Waals surface area contributed by atoms with Crippen LogP contribution in [0.15, 0.2) is 48.5 Å². The van der Waals surface area contributed by atoms with Gasteiger partial charge in [-0.2, -0.15) is 0 Å². The molecule has 3 N–H and O–H groups in total. The molecule has 0 heterocycles. The summed E-state index contributed by atoms with van der Waals surface area (Å²) in [5.41, 5.74) is 1.31. The molecule has 0 aliphatic carbocycles. The highest BCUT2D eigenvalue weighted by atomic mass is 16.5. The van der Waals surface area contributed by atoms with Crippen molar-refractivity contribution in [2.24, 2.45) is 5.92 Å². The first kappa shape index (κ1) is 21.0. The van der Waals surface area contributed by atoms with E-state index in [9.17, 15) is 14.4 Å². The Morgan fingerprint density at radius 1 is 0.893 bits per heavy atom. The van der Waals surface area contributed by atoms with Gasteiger partial charge in [-0.3, -0.25) is 14.4 Å². The van der Waals surface area contributed by atoms with E-state index in [0.29, 0.717) is 35.1 Å². The maximum Gasteiger partial charge on any atom is 0.325 e. The van der Waals surface area contributed by atoms with E-state index in [4.69, 9.17) is 9.84 Å². The number of carboxylic acid groups (broad SMARTS) is 1. The lowest BCUT2D eigenvalue weighted by Crippen LogP contribution is -2.38. The predicted molar refractivity (Wildman–Crippen MR) is 106 cm³/mol. The van der Waals surface area contributed by atoms with Crippen molar-refractivity contribution in [2.45, 2.75) is 26.8 Å². The second-order valence-electron chi connectivity index (χ2n) is 6.79. The zero-order valence-electron chi connectivity index (χ0n) is 16.1. The number of anilines is 1. The number of carbonyl (C=O) groups is 3. The minimum absolute atomic E-state index is 0.285. The minimum atomic E-state index is -1.11. The number of rotatable bonds is 8. The van der Waals surface area contributed by atoms with Gasteiger partial charge in [0, 0.05) is 16.8 Å². The van der Waals surface area contributed by atoms with E-state index in [-0.39, 0.29) is 5.91 Å². The predicted octanol–water partition coefficient (Wildman–Crippen LogP) is 3.18. The first-order valence-electron chi connectivity index (χ1n) is 8.94. The fourth-order valence-corrected chi connectivity index (χ4v) is 2.22. The maximum atomic E-state index is 12.3. The third-order valence-corrected chi connectivity index (χ3v) is 3.82. The molecule has 148 valence electrons. The lowest BCUT2D eigenvalue weighted by atomic mass is 10.1. The Kier molecular flexibility index (Phi) is 7.14. The van der Waals surface area contributed by atoms with E-state index >= 15 is 0 Å². The molecule has 1 atom stereocenters. The van der Waals surface area contributed by atoms with Crippen molar-refractivity contribution in [1.29, 1.82) is 0 Å². The summed E-state index contributed by atoms with van der Waals surface area (Å²) in [5.74, 6) is -0.772. The summed E-state index contributed by atoms with van der Waals surface area (Å²) >= 11 is 0. The summed E-state index contributed by atoms with van der Waals surface area (Å²) in [6, 6.07) is 12.1. The summed E-state index contributed by atoms with van der Waals surface area (Å²) in [5, 5.41) is 13.9. The van der Waals surface area contributed by atoms with E-state index in [1.165, 1.54) is 19.1 Å². The van der Waals surface area contributed by atoms with Gasteiger partial charge in [-0.1, -0.05) is 13.8 Å². The molecule has 0 saturated heterocycles. The summed E-state index contributed by atoms with van der Waals surface area (Å²) in [6.07, 6.45) is 0. The number of hydrogen-bond acceptors (Lipinski definition) is 4. The molecular formula is C21H24N2O5. The van der Waals surface area contributed by atoms with Crippen LogP contribution in [-0.2, 0) is 4.79 Å². The molecule has 0 aliphatic heterocycles. The van der Waals surface area contributed by atoms with Gasteiger partial charge in [-0.25, -0.2) is 0 Å². The van der Waals surface area contributed by atoms with Crippen LogP contribution in [0.3, 0.4) is 0 Å². The van der Waals surface area contributed by atoms with Gasteiger partial charge in [0.2, 0.25) is 0 Å². The zero-order chi connectivity index (χ0) is 20.7. The zero-order valence-corrected chi connectivity index (χ0v) is 16.1. The Bertz CT molecular complexity index is 829. The number of amides is 2. The summed E-state index contributed by atoms with van der Waals surface area (Å²) < 4.78 is 5.59. The molecule has 7 nitrogen and oxygen atoms in total. The number of ether oxygens (including phenoxy) is 1. The highest BCUT2D eigenvalue weighted by Crippen LogP contribution is 2.16. The van der Waals surface area contributed by atoms with Crippen LogP contribution in [-0.4, -0.2) is 35.5 Å². The van der Waals surface area contributed by atoms with Gasteiger partial charge in [0.05, 0.1) is 6.61 Å². The van der Waals surface area contributed by atoms with Crippen LogP contribution >= 0.6 is 0 Å². The molecule has 2 amide bonds. The first-order chi connectivity index (χ1) is 13.3. The maximum absolute atomic E-state index is 12.3. The van der Waals surface area contributed by atoms with Crippen LogP contribution < -0.4 is 15.4 Å². The smallest absolute Gasteiger partial charge is 0.325 e. The van der Waals surface area contributed by atoms with E-state index in [2.05, 4.69) is 24.5 Å². The third kappa shape index (κ3) is 6.12. The molecule has 1 unspecified atom stereocenters. The first-order valence-corrected chi connectivity index (χ1v) is 8.94. The largest absolute Gasteiger partial charge is 0.493 e.